The summed E-state index contributed by atoms with van der Waals surface area (Å²) >= 11 is 5.44. The molecule has 0 saturated carbocycles. The minimum Gasteiger partial charge on any atom is -0.309 e. The molecular formula is C16H28BrNS. The number of unbranched alkanes of at least 4 members (excludes halogenated alkanes) is 5. The zero-order valence-corrected chi connectivity index (χ0v) is 14.8. The molecule has 0 bridgehead atoms. The van der Waals surface area contributed by atoms with Crippen molar-refractivity contribution in [2.24, 2.45) is 0 Å². The molecule has 0 aliphatic rings. The third kappa shape index (κ3) is 7.48. The van der Waals surface area contributed by atoms with Gasteiger partial charge in [-0.25, -0.2) is 0 Å². The van der Waals surface area contributed by atoms with Crippen LogP contribution in [0.15, 0.2) is 15.9 Å². The van der Waals surface area contributed by atoms with Crippen LogP contribution in [0, 0.1) is 0 Å². The molecule has 1 heterocycles. The van der Waals surface area contributed by atoms with E-state index in [9.17, 15) is 0 Å². The molecule has 110 valence electrons. The second-order valence-electron chi connectivity index (χ2n) is 5.21. The van der Waals surface area contributed by atoms with Crippen LogP contribution in [0.2, 0.25) is 0 Å². The standard InChI is InChI=1S/C16H28BrNS/c1-3-5-6-7-8-9-10-14(18-13-4-2)15-11-12-16(17)19-15/h11-12,14,18H,3-10,13H2,1-2H3. The van der Waals surface area contributed by atoms with Crippen molar-refractivity contribution >= 4 is 27.3 Å². The molecule has 1 aromatic rings. The van der Waals surface area contributed by atoms with Gasteiger partial charge < -0.3 is 5.32 Å². The van der Waals surface area contributed by atoms with Gasteiger partial charge in [0, 0.05) is 10.9 Å². The molecule has 0 aliphatic carbocycles. The molecule has 1 atom stereocenters. The lowest BCUT2D eigenvalue weighted by Crippen LogP contribution is -2.21. The minimum absolute atomic E-state index is 0.558. The van der Waals surface area contributed by atoms with E-state index in [-0.39, 0.29) is 0 Å². The largest absolute Gasteiger partial charge is 0.309 e. The van der Waals surface area contributed by atoms with Gasteiger partial charge in [-0.15, -0.1) is 11.3 Å². The maximum absolute atomic E-state index is 3.69. The second-order valence-corrected chi connectivity index (χ2v) is 7.70. The molecule has 0 fully saturated rings. The fraction of sp³-hybridized carbons (Fsp3) is 0.750. The normalized spacial score (nSPS) is 12.8. The predicted molar refractivity (Wildman–Crippen MR) is 91.0 cm³/mol. The van der Waals surface area contributed by atoms with E-state index in [1.54, 1.807) is 0 Å². The van der Waals surface area contributed by atoms with Gasteiger partial charge in [0.05, 0.1) is 3.79 Å². The van der Waals surface area contributed by atoms with E-state index in [2.05, 4.69) is 47.2 Å². The molecule has 0 spiro atoms. The zero-order valence-electron chi connectivity index (χ0n) is 12.4. The first-order valence-corrected chi connectivity index (χ1v) is 9.37. The molecule has 0 aliphatic heterocycles. The number of thiophene rings is 1. The van der Waals surface area contributed by atoms with E-state index >= 15 is 0 Å². The highest BCUT2D eigenvalue weighted by Crippen LogP contribution is 2.30. The van der Waals surface area contributed by atoms with Crippen LogP contribution in [0.1, 0.15) is 76.1 Å². The summed E-state index contributed by atoms with van der Waals surface area (Å²) in [5.74, 6) is 0. The van der Waals surface area contributed by atoms with E-state index < -0.39 is 0 Å². The van der Waals surface area contributed by atoms with Crippen molar-refractivity contribution in [1.82, 2.24) is 5.32 Å². The van der Waals surface area contributed by atoms with E-state index in [1.165, 1.54) is 60.0 Å². The van der Waals surface area contributed by atoms with Crippen molar-refractivity contribution in [3.05, 3.63) is 20.8 Å². The fourth-order valence-corrected chi connectivity index (χ4v) is 3.84. The Kier molecular flexibility index (Phi) is 9.84. The third-order valence-corrected chi connectivity index (χ3v) is 5.16. The van der Waals surface area contributed by atoms with Crippen molar-refractivity contribution in [2.45, 2.75) is 71.3 Å². The van der Waals surface area contributed by atoms with Crippen LogP contribution in [0.25, 0.3) is 0 Å². The van der Waals surface area contributed by atoms with E-state index in [0.29, 0.717) is 6.04 Å². The van der Waals surface area contributed by atoms with Crippen LogP contribution in [0.3, 0.4) is 0 Å². The van der Waals surface area contributed by atoms with Gasteiger partial charge in [0.15, 0.2) is 0 Å². The molecule has 1 rings (SSSR count). The Morgan fingerprint density at radius 2 is 1.79 bits per heavy atom. The topological polar surface area (TPSA) is 12.0 Å². The summed E-state index contributed by atoms with van der Waals surface area (Å²) in [6.07, 6.45) is 10.8. The molecule has 0 amide bonds. The molecule has 1 aromatic heterocycles. The van der Waals surface area contributed by atoms with Gasteiger partial charge in [0.25, 0.3) is 0 Å². The third-order valence-electron chi connectivity index (χ3n) is 3.42. The van der Waals surface area contributed by atoms with Crippen LogP contribution >= 0.6 is 27.3 Å². The highest BCUT2D eigenvalue weighted by Gasteiger charge is 2.12. The summed E-state index contributed by atoms with van der Waals surface area (Å²) in [4.78, 5) is 1.48. The summed E-state index contributed by atoms with van der Waals surface area (Å²) in [5.41, 5.74) is 0. The Bertz CT molecular complexity index is 324. The Labute approximate surface area is 131 Å². The Morgan fingerprint density at radius 1 is 1.05 bits per heavy atom. The predicted octanol–water partition coefficient (Wildman–Crippen LogP) is 6.30. The van der Waals surface area contributed by atoms with Crippen molar-refractivity contribution in [3.63, 3.8) is 0 Å². The summed E-state index contributed by atoms with van der Waals surface area (Å²) in [5, 5.41) is 3.69. The van der Waals surface area contributed by atoms with Crippen LogP contribution in [-0.4, -0.2) is 6.54 Å². The summed E-state index contributed by atoms with van der Waals surface area (Å²) in [6.45, 7) is 5.63. The Hall–Kier alpha value is 0.140. The van der Waals surface area contributed by atoms with Gasteiger partial charge in [-0.1, -0.05) is 52.4 Å². The summed E-state index contributed by atoms with van der Waals surface area (Å²) < 4.78 is 1.24. The molecule has 0 saturated heterocycles. The van der Waals surface area contributed by atoms with Crippen LogP contribution in [0.4, 0.5) is 0 Å². The first-order valence-electron chi connectivity index (χ1n) is 7.76. The van der Waals surface area contributed by atoms with Gasteiger partial charge in [-0.2, -0.15) is 0 Å². The molecule has 3 heteroatoms. The fourth-order valence-electron chi connectivity index (χ4n) is 2.31. The first-order chi connectivity index (χ1) is 9.27. The lowest BCUT2D eigenvalue weighted by atomic mass is 10.0. The highest BCUT2D eigenvalue weighted by molar-refractivity contribution is 9.11. The molecular weight excluding hydrogens is 318 g/mol. The number of halogens is 1. The molecule has 0 aromatic carbocycles. The minimum atomic E-state index is 0.558. The highest BCUT2D eigenvalue weighted by atomic mass is 79.9. The van der Waals surface area contributed by atoms with E-state index in [0.717, 1.165) is 6.54 Å². The zero-order chi connectivity index (χ0) is 13.9. The SMILES string of the molecule is CCCCCCCCC(NCCC)c1ccc(Br)s1. The van der Waals surface area contributed by atoms with E-state index in [1.807, 2.05) is 11.3 Å². The van der Waals surface area contributed by atoms with Gasteiger partial charge in [0.1, 0.15) is 0 Å². The first kappa shape index (κ1) is 17.2. The van der Waals surface area contributed by atoms with E-state index in [4.69, 9.17) is 0 Å². The number of hydrogen-bond donors (Lipinski definition) is 1. The number of nitrogens with one attached hydrogen (secondary N) is 1. The summed E-state index contributed by atoms with van der Waals surface area (Å²) in [7, 11) is 0. The van der Waals surface area contributed by atoms with Gasteiger partial charge in [-0.05, 0) is 47.4 Å². The Morgan fingerprint density at radius 3 is 2.42 bits per heavy atom. The second kappa shape index (κ2) is 10.9. The number of hydrogen-bond acceptors (Lipinski definition) is 2. The molecule has 1 N–H and O–H groups in total. The Balaban J connectivity index is 2.29. The van der Waals surface area contributed by atoms with Crippen molar-refractivity contribution in [2.75, 3.05) is 6.54 Å². The van der Waals surface area contributed by atoms with Crippen LogP contribution in [-0.2, 0) is 0 Å². The van der Waals surface area contributed by atoms with Gasteiger partial charge >= 0.3 is 0 Å². The molecule has 1 unspecified atom stereocenters. The molecule has 19 heavy (non-hydrogen) atoms. The van der Waals surface area contributed by atoms with Crippen molar-refractivity contribution < 1.29 is 0 Å². The molecule has 0 radical (unpaired) electrons. The van der Waals surface area contributed by atoms with Gasteiger partial charge in [-0.3, -0.25) is 0 Å². The smallest absolute Gasteiger partial charge is 0.0701 e. The maximum Gasteiger partial charge on any atom is 0.0701 e. The lowest BCUT2D eigenvalue weighted by Gasteiger charge is -2.17. The maximum atomic E-state index is 3.69. The molecule has 1 nitrogen and oxygen atoms in total. The number of rotatable bonds is 11. The average molecular weight is 346 g/mol. The quantitative estimate of drug-likeness (QED) is 0.464. The average Bonchev–Trinajstić information content (AvgIpc) is 2.83. The van der Waals surface area contributed by atoms with Crippen LogP contribution in [0.5, 0.6) is 0 Å². The lowest BCUT2D eigenvalue weighted by molar-refractivity contribution is 0.472. The van der Waals surface area contributed by atoms with Crippen LogP contribution < -0.4 is 5.32 Å². The monoisotopic (exact) mass is 345 g/mol. The summed E-state index contributed by atoms with van der Waals surface area (Å²) in [6, 6.07) is 4.99. The van der Waals surface area contributed by atoms with Gasteiger partial charge in [0.2, 0.25) is 0 Å². The van der Waals surface area contributed by atoms with Crippen molar-refractivity contribution in [3.8, 4) is 0 Å². The van der Waals surface area contributed by atoms with Crippen molar-refractivity contribution in [1.29, 1.82) is 0 Å².